The molecule has 2 heterocycles. The molecule has 2 atom stereocenters. The smallest absolute Gasteiger partial charge is 0.193 e. The Morgan fingerprint density at radius 3 is 2.85 bits per heavy atom. The fourth-order valence-electron chi connectivity index (χ4n) is 2.94. The number of aryl methyl sites for hydroxylation is 1. The zero-order chi connectivity index (χ0) is 14.3. The maximum Gasteiger partial charge on any atom is 0.193 e. The minimum atomic E-state index is -0.319. The minimum absolute atomic E-state index is 0.0597. The summed E-state index contributed by atoms with van der Waals surface area (Å²) in [6.07, 6.45) is 3.47. The van der Waals surface area contributed by atoms with Gasteiger partial charge in [0.1, 0.15) is 11.9 Å². The summed E-state index contributed by atoms with van der Waals surface area (Å²) >= 11 is 0. The van der Waals surface area contributed by atoms with Crippen LogP contribution in [0.2, 0.25) is 0 Å². The molecule has 0 spiro atoms. The molecule has 4 heteroatoms. The van der Waals surface area contributed by atoms with E-state index in [-0.39, 0.29) is 18.0 Å². The first-order valence-corrected chi connectivity index (χ1v) is 6.93. The van der Waals surface area contributed by atoms with Crippen LogP contribution in [0, 0.1) is 0 Å². The van der Waals surface area contributed by atoms with E-state index < -0.39 is 0 Å². The Kier molecular flexibility index (Phi) is 3.26. The van der Waals surface area contributed by atoms with Gasteiger partial charge in [-0.1, -0.05) is 6.07 Å². The molecule has 2 aromatic rings. The standard InChI is InChI=1S/C16H19NO3/c1-10-7-8-14(20-10)16(18)11-9-17(2)12-5-4-6-13(19-3)15(11)12/h4-6,9-10,14H,7-8H2,1-3H3. The topological polar surface area (TPSA) is 40.5 Å². The summed E-state index contributed by atoms with van der Waals surface area (Å²) in [7, 11) is 3.57. The third-order valence-corrected chi connectivity index (χ3v) is 3.99. The molecule has 1 aromatic carbocycles. The lowest BCUT2D eigenvalue weighted by Crippen LogP contribution is -2.20. The van der Waals surface area contributed by atoms with E-state index in [4.69, 9.17) is 9.47 Å². The molecular weight excluding hydrogens is 254 g/mol. The number of rotatable bonds is 3. The van der Waals surface area contributed by atoms with Gasteiger partial charge in [0, 0.05) is 18.8 Å². The molecule has 20 heavy (non-hydrogen) atoms. The van der Waals surface area contributed by atoms with Gasteiger partial charge in [0.05, 0.1) is 24.1 Å². The van der Waals surface area contributed by atoms with Crippen LogP contribution >= 0.6 is 0 Å². The summed E-state index contributed by atoms with van der Waals surface area (Å²) in [5.74, 6) is 0.793. The molecule has 0 bridgehead atoms. The molecule has 4 nitrogen and oxygen atoms in total. The lowest BCUT2D eigenvalue weighted by Gasteiger charge is -2.10. The van der Waals surface area contributed by atoms with Crippen LogP contribution in [-0.4, -0.2) is 29.7 Å². The van der Waals surface area contributed by atoms with E-state index in [1.165, 1.54) is 0 Å². The zero-order valence-electron chi connectivity index (χ0n) is 12.1. The molecule has 1 saturated heterocycles. The molecule has 106 valence electrons. The highest BCUT2D eigenvalue weighted by Crippen LogP contribution is 2.33. The molecule has 3 rings (SSSR count). The van der Waals surface area contributed by atoms with Crippen LogP contribution in [0.25, 0.3) is 10.9 Å². The van der Waals surface area contributed by atoms with Crippen LogP contribution < -0.4 is 4.74 Å². The fourth-order valence-corrected chi connectivity index (χ4v) is 2.94. The van der Waals surface area contributed by atoms with Gasteiger partial charge in [-0.05, 0) is 31.9 Å². The summed E-state index contributed by atoms with van der Waals surface area (Å²) in [5, 5.41) is 0.880. The van der Waals surface area contributed by atoms with Crippen molar-refractivity contribution in [3.63, 3.8) is 0 Å². The van der Waals surface area contributed by atoms with Crippen molar-refractivity contribution in [3.05, 3.63) is 30.0 Å². The molecular formula is C16H19NO3. The quantitative estimate of drug-likeness (QED) is 0.807. The number of hydrogen-bond acceptors (Lipinski definition) is 3. The summed E-state index contributed by atoms with van der Waals surface area (Å²) < 4.78 is 13.1. The van der Waals surface area contributed by atoms with Gasteiger partial charge in [0.25, 0.3) is 0 Å². The highest BCUT2D eigenvalue weighted by atomic mass is 16.5. The average Bonchev–Trinajstić information content (AvgIpc) is 3.02. The van der Waals surface area contributed by atoms with Crippen LogP contribution in [0.4, 0.5) is 0 Å². The lowest BCUT2D eigenvalue weighted by atomic mass is 10.0. The van der Waals surface area contributed by atoms with Gasteiger partial charge in [-0.25, -0.2) is 0 Å². The zero-order valence-corrected chi connectivity index (χ0v) is 12.1. The van der Waals surface area contributed by atoms with Crippen molar-refractivity contribution < 1.29 is 14.3 Å². The number of ketones is 1. The van der Waals surface area contributed by atoms with Crippen LogP contribution in [0.5, 0.6) is 5.75 Å². The average molecular weight is 273 g/mol. The molecule has 0 N–H and O–H groups in total. The van der Waals surface area contributed by atoms with E-state index >= 15 is 0 Å². The first kappa shape index (κ1) is 13.2. The van der Waals surface area contributed by atoms with Gasteiger partial charge in [0.2, 0.25) is 0 Å². The summed E-state index contributed by atoms with van der Waals surface area (Å²) in [6.45, 7) is 2.01. The normalized spacial score (nSPS) is 22.4. The maximum atomic E-state index is 12.7. The number of nitrogens with zero attached hydrogens (tertiary/aromatic N) is 1. The largest absolute Gasteiger partial charge is 0.496 e. The molecule has 0 amide bonds. The van der Waals surface area contributed by atoms with Crippen molar-refractivity contribution in [1.82, 2.24) is 4.57 Å². The van der Waals surface area contributed by atoms with Crippen LogP contribution in [0.15, 0.2) is 24.4 Å². The minimum Gasteiger partial charge on any atom is -0.496 e. The first-order valence-electron chi connectivity index (χ1n) is 6.93. The van der Waals surface area contributed by atoms with Crippen molar-refractivity contribution in [3.8, 4) is 5.75 Å². The number of carbonyl (C=O) groups is 1. The predicted octanol–water partition coefficient (Wildman–Crippen LogP) is 2.94. The summed E-state index contributed by atoms with van der Waals surface area (Å²) in [6, 6.07) is 5.81. The van der Waals surface area contributed by atoms with Crippen LogP contribution in [-0.2, 0) is 11.8 Å². The number of benzene rings is 1. The van der Waals surface area contributed by atoms with E-state index in [2.05, 4.69) is 0 Å². The monoisotopic (exact) mass is 273 g/mol. The Labute approximate surface area is 118 Å². The van der Waals surface area contributed by atoms with Gasteiger partial charge in [-0.2, -0.15) is 0 Å². The van der Waals surface area contributed by atoms with Crippen molar-refractivity contribution in [1.29, 1.82) is 0 Å². The highest BCUT2D eigenvalue weighted by Gasteiger charge is 2.31. The van der Waals surface area contributed by atoms with Crippen molar-refractivity contribution in [2.75, 3.05) is 7.11 Å². The van der Waals surface area contributed by atoms with Gasteiger partial charge in [-0.15, -0.1) is 0 Å². The number of fused-ring (bicyclic) bond motifs is 1. The van der Waals surface area contributed by atoms with Crippen molar-refractivity contribution in [2.24, 2.45) is 7.05 Å². The van der Waals surface area contributed by atoms with Crippen molar-refractivity contribution >= 4 is 16.7 Å². The molecule has 0 saturated carbocycles. The predicted molar refractivity (Wildman–Crippen MR) is 77.4 cm³/mol. The Morgan fingerprint density at radius 1 is 1.40 bits per heavy atom. The van der Waals surface area contributed by atoms with Crippen molar-refractivity contribution in [2.45, 2.75) is 32.0 Å². The third kappa shape index (κ3) is 2.00. The van der Waals surface area contributed by atoms with E-state index in [0.29, 0.717) is 5.56 Å². The maximum absolute atomic E-state index is 12.7. The molecule has 1 fully saturated rings. The van der Waals surface area contributed by atoms with Gasteiger partial charge in [-0.3, -0.25) is 4.79 Å². The number of carbonyl (C=O) groups excluding carboxylic acids is 1. The number of methoxy groups -OCH3 is 1. The Morgan fingerprint density at radius 2 is 2.20 bits per heavy atom. The fraction of sp³-hybridized carbons (Fsp3) is 0.438. The Bertz CT molecular complexity index is 659. The lowest BCUT2D eigenvalue weighted by molar-refractivity contribution is 0.0434. The number of aromatic nitrogens is 1. The Hall–Kier alpha value is -1.81. The molecule has 1 aliphatic heterocycles. The molecule has 0 aliphatic carbocycles. The molecule has 1 aromatic heterocycles. The van der Waals surface area contributed by atoms with Gasteiger partial charge < -0.3 is 14.0 Å². The third-order valence-electron chi connectivity index (χ3n) is 3.99. The van der Waals surface area contributed by atoms with Gasteiger partial charge in [0.15, 0.2) is 5.78 Å². The van der Waals surface area contributed by atoms with E-state index in [1.54, 1.807) is 7.11 Å². The molecule has 1 aliphatic rings. The number of hydrogen-bond donors (Lipinski definition) is 0. The summed E-state index contributed by atoms with van der Waals surface area (Å²) in [5.41, 5.74) is 1.69. The second-order valence-corrected chi connectivity index (χ2v) is 5.39. The van der Waals surface area contributed by atoms with Crippen LogP contribution in [0.1, 0.15) is 30.1 Å². The summed E-state index contributed by atoms with van der Waals surface area (Å²) in [4.78, 5) is 12.7. The SMILES string of the molecule is COc1cccc2c1c(C(=O)C1CCC(C)O1)cn2C. The second kappa shape index (κ2) is 4.94. The highest BCUT2D eigenvalue weighted by molar-refractivity contribution is 6.12. The molecule has 2 unspecified atom stereocenters. The van der Waals surface area contributed by atoms with Crippen LogP contribution in [0.3, 0.4) is 0 Å². The van der Waals surface area contributed by atoms with E-state index in [1.807, 2.05) is 42.9 Å². The second-order valence-electron chi connectivity index (χ2n) is 5.39. The molecule has 0 radical (unpaired) electrons. The first-order chi connectivity index (χ1) is 9.61. The van der Waals surface area contributed by atoms with Gasteiger partial charge >= 0.3 is 0 Å². The van der Waals surface area contributed by atoms with E-state index in [0.717, 1.165) is 29.5 Å². The number of ether oxygens (including phenoxy) is 2. The Balaban J connectivity index is 2.09. The van der Waals surface area contributed by atoms with E-state index in [9.17, 15) is 4.79 Å². The number of Topliss-reactive ketones (excluding diaryl/α,β-unsaturated/α-hetero) is 1.